The highest BCUT2D eigenvalue weighted by Crippen LogP contribution is 2.29. The summed E-state index contributed by atoms with van der Waals surface area (Å²) in [5, 5.41) is 6.14. The molecule has 0 spiro atoms. The second kappa shape index (κ2) is 3.85. The van der Waals surface area contributed by atoms with Crippen LogP contribution in [0.2, 0.25) is 0 Å². The Morgan fingerprint density at radius 1 is 1.41 bits per heavy atom. The predicted octanol–water partition coefficient (Wildman–Crippen LogP) is 1.20. The normalized spacial score (nSPS) is 11.6. The summed E-state index contributed by atoms with van der Waals surface area (Å²) in [5.41, 5.74) is 5.61. The van der Waals surface area contributed by atoms with Crippen LogP contribution in [0, 0.1) is 5.82 Å². The first-order valence-corrected chi connectivity index (χ1v) is 6.58. The van der Waals surface area contributed by atoms with Gasteiger partial charge in [0.05, 0.1) is 16.2 Å². The smallest absolute Gasteiger partial charge is 0.176 e. The molecule has 0 fully saturated rings. The Bertz CT molecular complexity index is 664. The first kappa shape index (κ1) is 11.6. The number of nitrogens with two attached hydrogens (primary N) is 1. The molecule has 1 aromatic carbocycles. The van der Waals surface area contributed by atoms with Crippen LogP contribution in [0.4, 0.5) is 10.2 Å². The van der Waals surface area contributed by atoms with Crippen molar-refractivity contribution in [2.24, 2.45) is 0 Å². The molecule has 0 bridgehead atoms. The van der Waals surface area contributed by atoms with E-state index in [0.717, 1.165) is 6.26 Å². The van der Waals surface area contributed by atoms with Crippen molar-refractivity contribution < 1.29 is 12.8 Å². The number of aromatic nitrogens is 2. The lowest BCUT2D eigenvalue weighted by Gasteiger charge is -2.06. The van der Waals surface area contributed by atoms with Gasteiger partial charge in [0.25, 0.3) is 0 Å². The minimum absolute atomic E-state index is 0.0424. The minimum Gasteiger partial charge on any atom is -0.382 e. The Labute approximate surface area is 97.4 Å². The number of hydrogen-bond acceptors (Lipinski definition) is 4. The van der Waals surface area contributed by atoms with Crippen LogP contribution in [0.1, 0.15) is 0 Å². The number of aromatic amines is 1. The molecule has 0 saturated heterocycles. The summed E-state index contributed by atoms with van der Waals surface area (Å²) >= 11 is 0. The molecule has 7 heteroatoms. The molecule has 0 aliphatic heterocycles. The van der Waals surface area contributed by atoms with E-state index >= 15 is 0 Å². The number of anilines is 1. The maximum Gasteiger partial charge on any atom is 0.176 e. The standard InChI is InChI=1S/C10H10FN3O2S/c1-17(15,16)8-4-2-3-6(11)10(8)7-5-9(12)14-13-7/h2-5H,1H3,(H3,12,13,14). The van der Waals surface area contributed by atoms with Gasteiger partial charge in [-0.05, 0) is 12.1 Å². The summed E-state index contributed by atoms with van der Waals surface area (Å²) in [6, 6.07) is 5.24. The van der Waals surface area contributed by atoms with E-state index in [4.69, 9.17) is 5.73 Å². The molecule has 0 aliphatic rings. The van der Waals surface area contributed by atoms with Gasteiger partial charge in [-0.2, -0.15) is 5.10 Å². The molecule has 0 saturated carbocycles. The van der Waals surface area contributed by atoms with Crippen molar-refractivity contribution in [1.29, 1.82) is 0 Å². The van der Waals surface area contributed by atoms with E-state index in [1.807, 2.05) is 0 Å². The van der Waals surface area contributed by atoms with Gasteiger partial charge in [-0.3, -0.25) is 5.10 Å². The zero-order valence-corrected chi connectivity index (χ0v) is 9.75. The van der Waals surface area contributed by atoms with Crippen LogP contribution in [0.25, 0.3) is 11.3 Å². The quantitative estimate of drug-likeness (QED) is 0.843. The van der Waals surface area contributed by atoms with Crippen molar-refractivity contribution in [2.75, 3.05) is 12.0 Å². The number of benzene rings is 1. The first-order chi connectivity index (χ1) is 7.89. The lowest BCUT2D eigenvalue weighted by molar-refractivity contribution is 0.597. The van der Waals surface area contributed by atoms with Gasteiger partial charge in [-0.1, -0.05) is 6.07 Å². The second-order valence-corrected chi connectivity index (χ2v) is 5.58. The van der Waals surface area contributed by atoms with Crippen molar-refractivity contribution in [1.82, 2.24) is 10.2 Å². The van der Waals surface area contributed by atoms with E-state index in [2.05, 4.69) is 10.2 Å². The molecule has 0 atom stereocenters. The fourth-order valence-corrected chi connectivity index (χ4v) is 2.44. The molecule has 0 aliphatic carbocycles. The Balaban J connectivity index is 2.76. The van der Waals surface area contributed by atoms with Crippen LogP contribution in [-0.2, 0) is 9.84 Å². The summed E-state index contributed by atoms with van der Waals surface area (Å²) < 4.78 is 36.8. The maximum atomic E-state index is 13.7. The number of sulfone groups is 1. The number of hydrogen-bond donors (Lipinski definition) is 2. The third kappa shape index (κ3) is 2.14. The van der Waals surface area contributed by atoms with Gasteiger partial charge in [0, 0.05) is 12.3 Å². The zero-order chi connectivity index (χ0) is 12.6. The van der Waals surface area contributed by atoms with Crippen LogP contribution >= 0.6 is 0 Å². The van der Waals surface area contributed by atoms with E-state index < -0.39 is 15.7 Å². The van der Waals surface area contributed by atoms with E-state index in [-0.39, 0.29) is 22.0 Å². The number of nitrogen functional groups attached to an aromatic ring is 1. The van der Waals surface area contributed by atoms with Gasteiger partial charge >= 0.3 is 0 Å². The molecule has 0 amide bonds. The van der Waals surface area contributed by atoms with Crippen molar-refractivity contribution in [3.8, 4) is 11.3 Å². The van der Waals surface area contributed by atoms with Gasteiger partial charge in [0.1, 0.15) is 11.6 Å². The number of rotatable bonds is 2. The number of nitrogens with one attached hydrogen (secondary N) is 1. The van der Waals surface area contributed by atoms with E-state index in [9.17, 15) is 12.8 Å². The van der Waals surface area contributed by atoms with Gasteiger partial charge in [0.2, 0.25) is 0 Å². The number of halogens is 1. The first-order valence-electron chi connectivity index (χ1n) is 4.69. The Morgan fingerprint density at radius 3 is 2.65 bits per heavy atom. The van der Waals surface area contributed by atoms with Crippen LogP contribution in [-0.4, -0.2) is 24.9 Å². The molecule has 1 aromatic heterocycles. The fourth-order valence-electron chi connectivity index (χ4n) is 1.54. The summed E-state index contributed by atoms with van der Waals surface area (Å²) in [6.07, 6.45) is 1.02. The largest absolute Gasteiger partial charge is 0.382 e. The van der Waals surface area contributed by atoms with Crippen LogP contribution in [0.5, 0.6) is 0 Å². The molecule has 0 radical (unpaired) electrons. The summed E-state index contributed by atoms with van der Waals surface area (Å²) in [5.74, 6) is -0.473. The molecule has 0 unspecified atom stereocenters. The average Bonchev–Trinajstić information content (AvgIpc) is 2.63. The molecule has 90 valence electrons. The molecule has 3 N–H and O–H groups in total. The molecular formula is C10H10FN3O2S. The highest BCUT2D eigenvalue weighted by molar-refractivity contribution is 7.90. The molecule has 2 aromatic rings. The summed E-state index contributed by atoms with van der Waals surface area (Å²) in [6.45, 7) is 0. The van der Waals surface area contributed by atoms with Crippen molar-refractivity contribution in [2.45, 2.75) is 4.90 Å². The Hall–Kier alpha value is -1.89. The van der Waals surface area contributed by atoms with Crippen LogP contribution < -0.4 is 5.73 Å². The lowest BCUT2D eigenvalue weighted by atomic mass is 10.1. The molecule has 17 heavy (non-hydrogen) atoms. The molecule has 2 rings (SSSR count). The lowest BCUT2D eigenvalue weighted by Crippen LogP contribution is -2.02. The number of nitrogens with zero attached hydrogens (tertiary/aromatic N) is 1. The number of H-pyrrole nitrogens is 1. The average molecular weight is 255 g/mol. The van der Waals surface area contributed by atoms with E-state index in [1.54, 1.807) is 0 Å². The van der Waals surface area contributed by atoms with Crippen molar-refractivity contribution in [3.05, 3.63) is 30.1 Å². The zero-order valence-electron chi connectivity index (χ0n) is 8.94. The maximum absolute atomic E-state index is 13.7. The SMILES string of the molecule is CS(=O)(=O)c1cccc(F)c1-c1cc(N)n[nH]1. The Kier molecular flexibility index (Phi) is 2.62. The third-order valence-corrected chi connectivity index (χ3v) is 3.38. The van der Waals surface area contributed by atoms with Crippen LogP contribution in [0.3, 0.4) is 0 Å². The summed E-state index contributed by atoms with van der Waals surface area (Å²) in [4.78, 5) is -0.0962. The van der Waals surface area contributed by atoms with Crippen molar-refractivity contribution in [3.63, 3.8) is 0 Å². The monoisotopic (exact) mass is 255 g/mol. The van der Waals surface area contributed by atoms with Crippen LogP contribution in [0.15, 0.2) is 29.2 Å². The Morgan fingerprint density at radius 2 is 2.12 bits per heavy atom. The predicted molar refractivity (Wildman–Crippen MR) is 61.5 cm³/mol. The third-order valence-electron chi connectivity index (χ3n) is 2.24. The second-order valence-electron chi connectivity index (χ2n) is 3.59. The molecule has 1 heterocycles. The molecule has 5 nitrogen and oxygen atoms in total. The van der Waals surface area contributed by atoms with Crippen molar-refractivity contribution >= 4 is 15.7 Å². The topological polar surface area (TPSA) is 88.8 Å². The fraction of sp³-hybridized carbons (Fsp3) is 0.100. The van der Waals surface area contributed by atoms with Gasteiger partial charge in [-0.15, -0.1) is 0 Å². The highest BCUT2D eigenvalue weighted by atomic mass is 32.2. The van der Waals surface area contributed by atoms with E-state index in [1.165, 1.54) is 24.3 Å². The van der Waals surface area contributed by atoms with Gasteiger partial charge < -0.3 is 5.73 Å². The van der Waals surface area contributed by atoms with Gasteiger partial charge in [0.15, 0.2) is 9.84 Å². The highest BCUT2D eigenvalue weighted by Gasteiger charge is 2.19. The van der Waals surface area contributed by atoms with E-state index in [0.29, 0.717) is 0 Å². The van der Waals surface area contributed by atoms with Gasteiger partial charge in [-0.25, -0.2) is 12.8 Å². The summed E-state index contributed by atoms with van der Waals surface area (Å²) in [7, 11) is -3.52. The molecular weight excluding hydrogens is 245 g/mol. The minimum atomic E-state index is -3.52.